The number of hydrogen-bond acceptors (Lipinski definition) is 2. The minimum atomic E-state index is -0.788. The molecule has 18 heavy (non-hydrogen) atoms. The van der Waals surface area contributed by atoms with Gasteiger partial charge in [-0.1, -0.05) is 30.3 Å². The number of hydrogen-bond donors (Lipinski definition) is 3. The molecule has 0 bridgehead atoms. The molecule has 0 aliphatic carbocycles. The zero-order chi connectivity index (χ0) is 13.0. The van der Waals surface area contributed by atoms with E-state index in [9.17, 15) is 9.90 Å². The number of amides is 1. The van der Waals surface area contributed by atoms with Gasteiger partial charge in [0.25, 0.3) is 5.91 Å². The molecule has 0 saturated heterocycles. The molecule has 4 nitrogen and oxygen atoms in total. The lowest BCUT2D eigenvalue weighted by atomic mass is 9.93. The number of rotatable bonds is 4. The summed E-state index contributed by atoms with van der Waals surface area (Å²) in [5.74, 6) is -0.236. The molecule has 2 aromatic rings. The van der Waals surface area contributed by atoms with Crippen LogP contribution in [0.3, 0.4) is 0 Å². The van der Waals surface area contributed by atoms with E-state index in [-0.39, 0.29) is 12.5 Å². The van der Waals surface area contributed by atoms with E-state index in [1.54, 1.807) is 25.3 Å². The second-order valence-corrected chi connectivity index (χ2v) is 4.39. The Morgan fingerprint density at radius 3 is 2.56 bits per heavy atom. The summed E-state index contributed by atoms with van der Waals surface area (Å²) < 4.78 is 0. The van der Waals surface area contributed by atoms with Crippen LogP contribution in [0.25, 0.3) is 0 Å². The zero-order valence-corrected chi connectivity index (χ0v) is 10.2. The van der Waals surface area contributed by atoms with E-state index in [4.69, 9.17) is 0 Å². The van der Waals surface area contributed by atoms with E-state index in [1.807, 2.05) is 30.3 Å². The molecule has 0 aliphatic rings. The van der Waals surface area contributed by atoms with Crippen molar-refractivity contribution >= 4 is 5.91 Å². The first-order chi connectivity index (χ1) is 8.65. The number of aromatic amines is 1. The SMILES string of the molecule is CC(CO)(NC(=O)c1ccc[nH]1)c1ccccc1. The fraction of sp³-hybridized carbons (Fsp3) is 0.214. The number of aliphatic hydroxyl groups is 1. The summed E-state index contributed by atoms with van der Waals surface area (Å²) in [6.07, 6.45) is 1.69. The topological polar surface area (TPSA) is 65.1 Å². The maximum absolute atomic E-state index is 12.0. The van der Waals surface area contributed by atoms with Gasteiger partial charge in [0, 0.05) is 6.20 Å². The second kappa shape index (κ2) is 5.06. The fourth-order valence-electron chi connectivity index (χ4n) is 1.80. The van der Waals surface area contributed by atoms with Crippen LogP contribution in [0.4, 0.5) is 0 Å². The predicted molar refractivity (Wildman–Crippen MR) is 69.1 cm³/mol. The lowest BCUT2D eigenvalue weighted by molar-refractivity contribution is 0.0845. The van der Waals surface area contributed by atoms with Crippen LogP contribution in [0.15, 0.2) is 48.7 Å². The first-order valence-electron chi connectivity index (χ1n) is 5.78. The molecular weight excluding hydrogens is 228 g/mol. The van der Waals surface area contributed by atoms with Gasteiger partial charge >= 0.3 is 0 Å². The quantitative estimate of drug-likeness (QED) is 0.765. The molecular formula is C14H16N2O2. The molecule has 1 unspecified atom stereocenters. The molecule has 1 aromatic carbocycles. The zero-order valence-electron chi connectivity index (χ0n) is 10.2. The Morgan fingerprint density at radius 1 is 1.28 bits per heavy atom. The summed E-state index contributed by atoms with van der Waals surface area (Å²) in [6.45, 7) is 1.63. The van der Waals surface area contributed by atoms with E-state index < -0.39 is 5.54 Å². The van der Waals surface area contributed by atoms with E-state index in [0.29, 0.717) is 5.69 Å². The summed E-state index contributed by atoms with van der Waals surface area (Å²) in [4.78, 5) is 14.8. The number of H-pyrrole nitrogens is 1. The molecule has 1 heterocycles. The third kappa shape index (κ3) is 2.43. The van der Waals surface area contributed by atoms with Crippen LogP contribution in [0, 0.1) is 0 Å². The normalized spacial score (nSPS) is 13.9. The Balaban J connectivity index is 2.21. The van der Waals surface area contributed by atoms with Crippen molar-refractivity contribution < 1.29 is 9.90 Å². The van der Waals surface area contributed by atoms with Crippen LogP contribution in [-0.2, 0) is 5.54 Å². The molecule has 0 saturated carbocycles. The number of carbonyl (C=O) groups excluding carboxylic acids is 1. The lowest BCUT2D eigenvalue weighted by Crippen LogP contribution is -2.46. The molecule has 0 aliphatic heterocycles. The van der Waals surface area contributed by atoms with Gasteiger partial charge < -0.3 is 15.4 Å². The van der Waals surface area contributed by atoms with Crippen LogP contribution in [0.1, 0.15) is 23.0 Å². The summed E-state index contributed by atoms with van der Waals surface area (Å²) >= 11 is 0. The lowest BCUT2D eigenvalue weighted by Gasteiger charge is -2.29. The van der Waals surface area contributed by atoms with Gasteiger partial charge in [0.1, 0.15) is 5.69 Å². The average molecular weight is 244 g/mol. The minimum Gasteiger partial charge on any atom is -0.394 e. The summed E-state index contributed by atoms with van der Waals surface area (Å²) in [5.41, 5.74) is 0.557. The summed E-state index contributed by atoms with van der Waals surface area (Å²) in [5, 5.41) is 12.4. The Hall–Kier alpha value is -2.07. The largest absolute Gasteiger partial charge is 0.394 e. The van der Waals surface area contributed by atoms with Gasteiger partial charge in [-0.3, -0.25) is 4.79 Å². The number of aromatic nitrogens is 1. The van der Waals surface area contributed by atoms with Crippen molar-refractivity contribution in [3.05, 3.63) is 59.9 Å². The Kier molecular flexibility index (Phi) is 3.48. The maximum atomic E-state index is 12.0. The second-order valence-electron chi connectivity index (χ2n) is 4.39. The monoisotopic (exact) mass is 244 g/mol. The standard InChI is InChI=1S/C14H16N2O2/c1-14(10-17,11-6-3-2-4-7-11)16-13(18)12-8-5-9-15-12/h2-9,15,17H,10H2,1H3,(H,16,18). The molecule has 94 valence electrons. The highest BCUT2D eigenvalue weighted by molar-refractivity contribution is 5.92. The number of aliphatic hydroxyl groups excluding tert-OH is 1. The highest BCUT2D eigenvalue weighted by atomic mass is 16.3. The smallest absolute Gasteiger partial charge is 0.268 e. The Morgan fingerprint density at radius 2 is 2.00 bits per heavy atom. The summed E-state index contributed by atoms with van der Waals surface area (Å²) in [7, 11) is 0. The Bertz CT molecular complexity index is 508. The van der Waals surface area contributed by atoms with Gasteiger partial charge in [-0.05, 0) is 24.6 Å². The van der Waals surface area contributed by atoms with Gasteiger partial charge in [0.05, 0.1) is 12.1 Å². The van der Waals surface area contributed by atoms with Crippen molar-refractivity contribution in [3.8, 4) is 0 Å². The van der Waals surface area contributed by atoms with Crippen molar-refractivity contribution in [1.82, 2.24) is 10.3 Å². The Labute approximate surface area is 106 Å². The van der Waals surface area contributed by atoms with Crippen LogP contribution in [0.5, 0.6) is 0 Å². The van der Waals surface area contributed by atoms with E-state index in [1.165, 1.54) is 0 Å². The van der Waals surface area contributed by atoms with Crippen LogP contribution >= 0.6 is 0 Å². The number of nitrogens with one attached hydrogen (secondary N) is 2. The van der Waals surface area contributed by atoms with Crippen molar-refractivity contribution in [2.45, 2.75) is 12.5 Å². The van der Waals surface area contributed by atoms with Crippen LogP contribution in [0.2, 0.25) is 0 Å². The van der Waals surface area contributed by atoms with E-state index in [0.717, 1.165) is 5.56 Å². The van der Waals surface area contributed by atoms with Crippen molar-refractivity contribution in [2.24, 2.45) is 0 Å². The van der Waals surface area contributed by atoms with E-state index >= 15 is 0 Å². The molecule has 0 spiro atoms. The average Bonchev–Trinajstić information content (AvgIpc) is 2.93. The molecule has 1 atom stereocenters. The molecule has 1 amide bonds. The van der Waals surface area contributed by atoms with Crippen LogP contribution < -0.4 is 5.32 Å². The van der Waals surface area contributed by atoms with Gasteiger partial charge in [-0.15, -0.1) is 0 Å². The first kappa shape index (κ1) is 12.4. The molecule has 2 rings (SSSR count). The molecule has 4 heteroatoms. The van der Waals surface area contributed by atoms with Crippen molar-refractivity contribution in [1.29, 1.82) is 0 Å². The first-order valence-corrected chi connectivity index (χ1v) is 5.78. The predicted octanol–water partition coefficient (Wildman–Crippen LogP) is 1.65. The number of benzene rings is 1. The summed E-state index contributed by atoms with van der Waals surface area (Å²) in [6, 6.07) is 12.9. The molecule has 0 radical (unpaired) electrons. The fourth-order valence-corrected chi connectivity index (χ4v) is 1.80. The van der Waals surface area contributed by atoms with Gasteiger partial charge in [0.2, 0.25) is 0 Å². The highest BCUT2D eigenvalue weighted by Crippen LogP contribution is 2.20. The van der Waals surface area contributed by atoms with Gasteiger partial charge in [-0.2, -0.15) is 0 Å². The van der Waals surface area contributed by atoms with Gasteiger partial charge in [0.15, 0.2) is 0 Å². The van der Waals surface area contributed by atoms with Gasteiger partial charge in [-0.25, -0.2) is 0 Å². The van der Waals surface area contributed by atoms with E-state index in [2.05, 4.69) is 10.3 Å². The highest BCUT2D eigenvalue weighted by Gasteiger charge is 2.28. The molecule has 0 fully saturated rings. The minimum absolute atomic E-state index is 0.163. The third-order valence-electron chi connectivity index (χ3n) is 2.96. The van der Waals surface area contributed by atoms with Crippen LogP contribution in [-0.4, -0.2) is 22.6 Å². The van der Waals surface area contributed by atoms with Crippen molar-refractivity contribution in [2.75, 3.05) is 6.61 Å². The number of carbonyl (C=O) groups is 1. The third-order valence-corrected chi connectivity index (χ3v) is 2.96. The molecule has 1 aromatic heterocycles. The maximum Gasteiger partial charge on any atom is 0.268 e. The molecule has 3 N–H and O–H groups in total. The van der Waals surface area contributed by atoms with Crippen molar-refractivity contribution in [3.63, 3.8) is 0 Å².